The molecule has 0 bridgehead atoms. The lowest BCUT2D eigenvalue weighted by atomic mass is 10.0. The van der Waals surface area contributed by atoms with Gasteiger partial charge >= 0.3 is 0 Å². The molecule has 0 saturated carbocycles. The van der Waals surface area contributed by atoms with E-state index >= 15 is 0 Å². The van der Waals surface area contributed by atoms with Gasteiger partial charge in [-0.05, 0) is 26.8 Å². The van der Waals surface area contributed by atoms with Crippen LogP contribution in [0.3, 0.4) is 0 Å². The lowest BCUT2D eigenvalue weighted by molar-refractivity contribution is -0.0245. The van der Waals surface area contributed by atoms with Gasteiger partial charge in [0.2, 0.25) is 11.8 Å². The summed E-state index contributed by atoms with van der Waals surface area (Å²) in [4.78, 5) is 0. The maximum atomic E-state index is 5.66. The van der Waals surface area contributed by atoms with E-state index in [0.29, 0.717) is 11.8 Å². The van der Waals surface area contributed by atoms with Gasteiger partial charge in [0.15, 0.2) is 0 Å². The molecule has 1 aromatic heterocycles. The summed E-state index contributed by atoms with van der Waals surface area (Å²) in [6, 6.07) is 0.110. The number of nitrogens with one attached hydrogen (secondary N) is 1. The van der Waals surface area contributed by atoms with Crippen molar-refractivity contribution in [3.05, 3.63) is 11.8 Å². The molecule has 1 aromatic rings. The number of nitrogens with zero attached hydrogens (tertiary/aromatic N) is 2. The van der Waals surface area contributed by atoms with Crippen LogP contribution in [0.4, 0.5) is 0 Å². The average Bonchev–Trinajstić information content (AvgIpc) is 2.80. The highest BCUT2D eigenvalue weighted by atomic mass is 16.5. The van der Waals surface area contributed by atoms with Crippen LogP contribution in [0.1, 0.15) is 51.4 Å². The Morgan fingerprint density at radius 2 is 2.12 bits per heavy atom. The Kier molecular flexibility index (Phi) is 4.44. The molecule has 0 amide bonds. The highest BCUT2D eigenvalue weighted by molar-refractivity contribution is 4.97. The van der Waals surface area contributed by atoms with Crippen molar-refractivity contribution in [1.29, 1.82) is 0 Å². The number of ether oxygens (including phenoxy) is 1. The summed E-state index contributed by atoms with van der Waals surface area (Å²) in [6.45, 7) is 6.05. The van der Waals surface area contributed by atoms with Crippen LogP contribution in [0, 0.1) is 0 Å². The second-order valence-corrected chi connectivity index (χ2v) is 3.98. The van der Waals surface area contributed by atoms with Crippen LogP contribution in [0.15, 0.2) is 4.42 Å². The smallest absolute Gasteiger partial charge is 0.248 e. The van der Waals surface area contributed by atoms with Gasteiger partial charge < -0.3 is 14.5 Å². The van der Waals surface area contributed by atoms with Gasteiger partial charge in [-0.2, -0.15) is 0 Å². The molecular formula is C11H21N3O2. The molecule has 0 aliphatic heterocycles. The molecule has 0 aliphatic carbocycles. The number of methoxy groups -OCH3 is 1. The summed E-state index contributed by atoms with van der Waals surface area (Å²) in [6.07, 6.45) is 1.70. The van der Waals surface area contributed by atoms with Crippen molar-refractivity contribution in [1.82, 2.24) is 15.5 Å². The fraction of sp³-hybridized carbons (Fsp3) is 0.818. The Morgan fingerprint density at radius 1 is 1.44 bits per heavy atom. The molecule has 1 rings (SSSR count). The van der Waals surface area contributed by atoms with E-state index in [1.165, 1.54) is 0 Å². The topological polar surface area (TPSA) is 60.2 Å². The van der Waals surface area contributed by atoms with Crippen LogP contribution < -0.4 is 5.32 Å². The van der Waals surface area contributed by atoms with Gasteiger partial charge in [-0.15, -0.1) is 10.2 Å². The fourth-order valence-corrected chi connectivity index (χ4v) is 1.47. The summed E-state index contributed by atoms with van der Waals surface area (Å²) in [7, 11) is 3.54. The van der Waals surface area contributed by atoms with E-state index in [1.807, 2.05) is 20.9 Å². The zero-order valence-electron chi connectivity index (χ0n) is 10.7. The van der Waals surface area contributed by atoms with Crippen molar-refractivity contribution in [3.8, 4) is 0 Å². The molecule has 16 heavy (non-hydrogen) atoms. The van der Waals surface area contributed by atoms with Gasteiger partial charge in [0, 0.05) is 7.11 Å². The molecule has 0 aliphatic rings. The Morgan fingerprint density at radius 3 is 2.56 bits per heavy atom. The minimum atomic E-state index is -0.489. The van der Waals surface area contributed by atoms with E-state index in [4.69, 9.17) is 9.15 Å². The first-order valence-electron chi connectivity index (χ1n) is 5.67. The van der Waals surface area contributed by atoms with Crippen molar-refractivity contribution in [2.45, 2.75) is 45.3 Å². The lowest BCUT2D eigenvalue weighted by Crippen LogP contribution is -2.23. The third kappa shape index (κ3) is 2.41. The van der Waals surface area contributed by atoms with Crippen LogP contribution in [0.2, 0.25) is 0 Å². The Labute approximate surface area is 96.6 Å². The first-order valence-corrected chi connectivity index (χ1v) is 5.67. The molecule has 2 atom stereocenters. The van der Waals surface area contributed by atoms with E-state index in [0.717, 1.165) is 12.8 Å². The predicted octanol–water partition coefficient (Wildman–Crippen LogP) is 2.01. The minimum absolute atomic E-state index is 0.110. The van der Waals surface area contributed by atoms with Crippen molar-refractivity contribution in [2.24, 2.45) is 0 Å². The van der Waals surface area contributed by atoms with E-state index in [-0.39, 0.29) is 6.04 Å². The number of hydrogen-bond acceptors (Lipinski definition) is 5. The summed E-state index contributed by atoms with van der Waals surface area (Å²) in [5, 5.41) is 11.3. The molecule has 0 fully saturated rings. The third-order valence-corrected chi connectivity index (χ3v) is 3.07. The van der Waals surface area contributed by atoms with E-state index in [9.17, 15) is 0 Å². The molecule has 92 valence electrons. The van der Waals surface area contributed by atoms with Gasteiger partial charge in [-0.1, -0.05) is 13.8 Å². The summed E-state index contributed by atoms with van der Waals surface area (Å²) in [5.41, 5.74) is -0.489. The van der Waals surface area contributed by atoms with Gasteiger partial charge in [0.25, 0.3) is 0 Å². The fourth-order valence-electron chi connectivity index (χ4n) is 1.47. The summed E-state index contributed by atoms with van der Waals surface area (Å²) < 4.78 is 11.1. The van der Waals surface area contributed by atoms with Gasteiger partial charge in [-0.3, -0.25) is 0 Å². The Bertz CT molecular complexity index is 317. The lowest BCUT2D eigenvalue weighted by Gasteiger charge is -2.21. The zero-order chi connectivity index (χ0) is 12.2. The molecule has 1 heterocycles. The molecule has 0 radical (unpaired) electrons. The first kappa shape index (κ1) is 13.1. The largest absolute Gasteiger partial charge is 0.420 e. The maximum absolute atomic E-state index is 5.66. The van der Waals surface area contributed by atoms with Crippen LogP contribution in [0.5, 0.6) is 0 Å². The summed E-state index contributed by atoms with van der Waals surface area (Å²) >= 11 is 0. The highest BCUT2D eigenvalue weighted by Crippen LogP contribution is 2.28. The molecular weight excluding hydrogens is 206 g/mol. The minimum Gasteiger partial charge on any atom is -0.420 e. The zero-order valence-corrected chi connectivity index (χ0v) is 10.7. The summed E-state index contributed by atoms with van der Waals surface area (Å²) in [5.74, 6) is 1.16. The van der Waals surface area contributed by atoms with Crippen LogP contribution in [-0.4, -0.2) is 24.4 Å². The van der Waals surface area contributed by atoms with E-state index in [1.54, 1.807) is 7.11 Å². The first-order chi connectivity index (χ1) is 7.61. The second kappa shape index (κ2) is 5.41. The van der Waals surface area contributed by atoms with Crippen LogP contribution in [-0.2, 0) is 10.3 Å². The molecule has 1 N–H and O–H groups in total. The van der Waals surface area contributed by atoms with Crippen molar-refractivity contribution >= 4 is 0 Å². The quantitative estimate of drug-likeness (QED) is 0.805. The Hall–Kier alpha value is -0.940. The monoisotopic (exact) mass is 227 g/mol. The molecule has 0 saturated heterocycles. The molecule has 0 spiro atoms. The van der Waals surface area contributed by atoms with Gasteiger partial charge in [-0.25, -0.2) is 0 Å². The molecule has 2 unspecified atom stereocenters. The van der Waals surface area contributed by atoms with E-state index in [2.05, 4.69) is 22.4 Å². The number of aromatic nitrogens is 2. The number of rotatable bonds is 6. The molecule has 5 nitrogen and oxygen atoms in total. The van der Waals surface area contributed by atoms with Gasteiger partial charge in [0.05, 0.1) is 6.04 Å². The van der Waals surface area contributed by atoms with E-state index < -0.39 is 5.60 Å². The predicted molar refractivity (Wildman–Crippen MR) is 61.0 cm³/mol. The van der Waals surface area contributed by atoms with Gasteiger partial charge in [0.1, 0.15) is 5.60 Å². The van der Waals surface area contributed by atoms with Crippen molar-refractivity contribution in [2.75, 3.05) is 14.2 Å². The van der Waals surface area contributed by atoms with Crippen molar-refractivity contribution < 1.29 is 9.15 Å². The number of hydrogen-bond donors (Lipinski definition) is 1. The standard InChI is InChI=1S/C11H21N3O2/c1-6-8(12-4)9-13-14-10(16-9)11(3,7-2)15-5/h8,12H,6-7H2,1-5H3. The average molecular weight is 227 g/mol. The van der Waals surface area contributed by atoms with Crippen LogP contribution in [0.25, 0.3) is 0 Å². The molecule has 0 aromatic carbocycles. The molecule has 5 heteroatoms. The third-order valence-electron chi connectivity index (χ3n) is 3.07. The van der Waals surface area contributed by atoms with Crippen LogP contribution >= 0.6 is 0 Å². The Balaban J connectivity index is 2.93. The van der Waals surface area contributed by atoms with Crippen molar-refractivity contribution in [3.63, 3.8) is 0 Å². The highest BCUT2D eigenvalue weighted by Gasteiger charge is 2.31. The second-order valence-electron chi connectivity index (χ2n) is 3.98. The normalized spacial score (nSPS) is 17.1. The SMILES string of the molecule is CCC(NC)c1nnc(C(C)(CC)OC)o1. The maximum Gasteiger partial charge on any atom is 0.248 e.